The average Bonchev–Trinajstić information content (AvgIpc) is 3.36. The Labute approximate surface area is 163 Å². The fourth-order valence-corrected chi connectivity index (χ4v) is 2.91. The molecule has 0 aliphatic rings. The molecule has 9 nitrogen and oxygen atoms in total. The van der Waals surface area contributed by atoms with Crippen LogP contribution in [0.15, 0.2) is 45.9 Å². The van der Waals surface area contributed by atoms with Crippen molar-refractivity contribution < 1.29 is 14.0 Å². The molecule has 0 aliphatic heterocycles. The van der Waals surface area contributed by atoms with Gasteiger partial charge in [-0.2, -0.15) is 10.2 Å². The number of anilines is 1. The van der Waals surface area contributed by atoms with Gasteiger partial charge in [-0.25, -0.2) is 0 Å². The van der Waals surface area contributed by atoms with E-state index in [1.54, 1.807) is 42.5 Å². The number of amides is 2. The number of aryl methyl sites for hydroxylation is 1. The number of nitrogens with one attached hydrogen (secondary N) is 2. The van der Waals surface area contributed by atoms with Gasteiger partial charge in [0.2, 0.25) is 5.91 Å². The first kappa shape index (κ1) is 18.9. The Bertz CT molecular complexity index is 931. The van der Waals surface area contributed by atoms with Gasteiger partial charge >= 0.3 is 0 Å². The molecule has 2 N–H and O–H groups in total. The van der Waals surface area contributed by atoms with Crippen LogP contribution in [0.25, 0.3) is 0 Å². The Kier molecular flexibility index (Phi) is 5.75. The van der Waals surface area contributed by atoms with E-state index in [-0.39, 0.29) is 18.1 Å². The third kappa shape index (κ3) is 4.45. The second-order valence-electron chi connectivity index (χ2n) is 5.88. The maximum Gasteiger partial charge on any atom is 0.274 e. The molecule has 3 rings (SSSR count). The maximum atomic E-state index is 12.7. The SMILES string of the molecule is CCC(C(=O)Nc1cn(C)nc1C(=O)NCc1ccco1)n1cc(Br)cn1. The minimum Gasteiger partial charge on any atom is -0.467 e. The molecule has 0 spiro atoms. The maximum absolute atomic E-state index is 12.7. The summed E-state index contributed by atoms with van der Waals surface area (Å²) in [6.07, 6.45) is 7.01. The van der Waals surface area contributed by atoms with Crippen LogP contribution in [0, 0.1) is 0 Å². The largest absolute Gasteiger partial charge is 0.467 e. The number of hydrogen-bond donors (Lipinski definition) is 2. The first-order valence-corrected chi connectivity index (χ1v) is 9.12. The Balaban J connectivity index is 1.72. The van der Waals surface area contributed by atoms with E-state index < -0.39 is 11.9 Å². The molecule has 0 aromatic carbocycles. The zero-order valence-corrected chi connectivity index (χ0v) is 16.4. The van der Waals surface area contributed by atoms with Gasteiger partial charge in [0.15, 0.2) is 5.69 Å². The van der Waals surface area contributed by atoms with E-state index in [1.165, 1.54) is 10.9 Å². The molecule has 0 aliphatic carbocycles. The van der Waals surface area contributed by atoms with Crippen LogP contribution in [0.3, 0.4) is 0 Å². The zero-order valence-electron chi connectivity index (χ0n) is 14.8. The molecular formula is C17H19BrN6O3. The van der Waals surface area contributed by atoms with Crippen LogP contribution in [0.4, 0.5) is 5.69 Å². The molecule has 2 amide bonds. The van der Waals surface area contributed by atoms with Crippen LogP contribution in [0.2, 0.25) is 0 Å². The first-order chi connectivity index (χ1) is 13.0. The van der Waals surface area contributed by atoms with E-state index in [0.29, 0.717) is 17.9 Å². The average molecular weight is 435 g/mol. The molecule has 3 aromatic rings. The van der Waals surface area contributed by atoms with Gasteiger partial charge in [-0.15, -0.1) is 0 Å². The van der Waals surface area contributed by atoms with Gasteiger partial charge in [-0.1, -0.05) is 6.92 Å². The van der Waals surface area contributed by atoms with Crippen LogP contribution in [-0.2, 0) is 18.4 Å². The number of furan rings is 1. The van der Waals surface area contributed by atoms with Gasteiger partial charge in [0.05, 0.1) is 29.2 Å². The molecule has 0 bridgehead atoms. The van der Waals surface area contributed by atoms with Crippen molar-refractivity contribution in [3.05, 3.63) is 52.9 Å². The van der Waals surface area contributed by atoms with Gasteiger partial charge in [0.1, 0.15) is 11.8 Å². The number of nitrogens with zero attached hydrogens (tertiary/aromatic N) is 4. The summed E-state index contributed by atoms with van der Waals surface area (Å²) in [6, 6.07) is 3.00. The summed E-state index contributed by atoms with van der Waals surface area (Å²) in [4.78, 5) is 25.2. The highest BCUT2D eigenvalue weighted by Crippen LogP contribution is 2.19. The van der Waals surface area contributed by atoms with Gasteiger partial charge in [-0.05, 0) is 34.5 Å². The summed E-state index contributed by atoms with van der Waals surface area (Å²) >= 11 is 3.32. The molecule has 27 heavy (non-hydrogen) atoms. The lowest BCUT2D eigenvalue weighted by Crippen LogP contribution is -2.28. The lowest BCUT2D eigenvalue weighted by Gasteiger charge is -2.15. The predicted octanol–water partition coefficient (Wildman–Crippen LogP) is 2.49. The fraction of sp³-hybridized carbons (Fsp3) is 0.294. The molecule has 1 atom stereocenters. The first-order valence-electron chi connectivity index (χ1n) is 8.32. The number of carbonyl (C=O) groups excluding carboxylic acids is 2. The molecule has 3 aromatic heterocycles. The molecule has 0 saturated carbocycles. The zero-order chi connectivity index (χ0) is 19.4. The standard InChI is InChI=1S/C17H19BrN6O3/c1-3-14(24-9-11(18)7-20-24)16(25)21-13-10-23(2)22-15(13)17(26)19-8-12-5-4-6-27-12/h4-7,9-10,14H,3,8H2,1-2H3,(H,19,26)(H,21,25). The fourth-order valence-electron chi connectivity index (χ4n) is 2.61. The number of halogens is 1. The number of rotatable bonds is 7. The van der Waals surface area contributed by atoms with E-state index in [4.69, 9.17) is 4.42 Å². The van der Waals surface area contributed by atoms with Gasteiger partial charge in [0.25, 0.3) is 5.91 Å². The van der Waals surface area contributed by atoms with Gasteiger partial charge in [-0.3, -0.25) is 19.0 Å². The summed E-state index contributed by atoms with van der Waals surface area (Å²) in [5.41, 5.74) is 0.470. The molecule has 10 heteroatoms. The Morgan fingerprint density at radius 1 is 1.37 bits per heavy atom. The highest BCUT2D eigenvalue weighted by atomic mass is 79.9. The second kappa shape index (κ2) is 8.21. The third-order valence-corrected chi connectivity index (χ3v) is 4.29. The molecular weight excluding hydrogens is 416 g/mol. The Morgan fingerprint density at radius 3 is 2.81 bits per heavy atom. The topological polar surface area (TPSA) is 107 Å². The number of aromatic nitrogens is 4. The lowest BCUT2D eigenvalue weighted by molar-refractivity contribution is -0.119. The second-order valence-corrected chi connectivity index (χ2v) is 6.79. The van der Waals surface area contributed by atoms with Crippen LogP contribution < -0.4 is 10.6 Å². The van der Waals surface area contributed by atoms with Crippen molar-refractivity contribution in [1.82, 2.24) is 24.9 Å². The monoisotopic (exact) mass is 434 g/mol. The van der Waals surface area contributed by atoms with Gasteiger partial charge < -0.3 is 15.1 Å². The van der Waals surface area contributed by atoms with Crippen LogP contribution in [0.5, 0.6) is 0 Å². The van der Waals surface area contributed by atoms with Crippen molar-refractivity contribution in [3.8, 4) is 0 Å². The number of carbonyl (C=O) groups is 2. The molecule has 0 fully saturated rings. The van der Waals surface area contributed by atoms with Crippen molar-refractivity contribution in [2.75, 3.05) is 5.32 Å². The number of hydrogen-bond acceptors (Lipinski definition) is 5. The van der Waals surface area contributed by atoms with E-state index in [9.17, 15) is 9.59 Å². The van der Waals surface area contributed by atoms with Crippen LogP contribution in [0.1, 0.15) is 35.6 Å². The quantitative estimate of drug-likeness (QED) is 0.593. The summed E-state index contributed by atoms with van der Waals surface area (Å²) in [5, 5.41) is 13.8. The van der Waals surface area contributed by atoms with Crippen molar-refractivity contribution >= 4 is 33.4 Å². The minimum atomic E-state index is -0.504. The van der Waals surface area contributed by atoms with E-state index >= 15 is 0 Å². The minimum absolute atomic E-state index is 0.133. The molecule has 1 unspecified atom stereocenters. The highest BCUT2D eigenvalue weighted by molar-refractivity contribution is 9.10. The summed E-state index contributed by atoms with van der Waals surface area (Å²) in [7, 11) is 1.68. The summed E-state index contributed by atoms with van der Waals surface area (Å²) < 4.78 is 9.03. The normalized spacial score (nSPS) is 12.0. The highest BCUT2D eigenvalue weighted by Gasteiger charge is 2.23. The van der Waals surface area contributed by atoms with Crippen molar-refractivity contribution in [2.45, 2.75) is 25.9 Å². The summed E-state index contributed by atoms with van der Waals surface area (Å²) in [5.74, 6) is -0.0569. The van der Waals surface area contributed by atoms with Crippen molar-refractivity contribution in [1.29, 1.82) is 0 Å². The van der Waals surface area contributed by atoms with E-state index in [2.05, 4.69) is 36.8 Å². The Hall–Kier alpha value is -2.88. The molecule has 142 valence electrons. The van der Waals surface area contributed by atoms with Crippen molar-refractivity contribution in [3.63, 3.8) is 0 Å². The van der Waals surface area contributed by atoms with Crippen LogP contribution >= 0.6 is 15.9 Å². The van der Waals surface area contributed by atoms with E-state index in [0.717, 1.165) is 4.47 Å². The molecule has 3 heterocycles. The smallest absolute Gasteiger partial charge is 0.274 e. The van der Waals surface area contributed by atoms with Gasteiger partial charge in [0, 0.05) is 19.4 Å². The molecule has 0 saturated heterocycles. The molecule has 0 radical (unpaired) electrons. The van der Waals surface area contributed by atoms with Crippen molar-refractivity contribution in [2.24, 2.45) is 7.05 Å². The predicted molar refractivity (Wildman–Crippen MR) is 101 cm³/mol. The van der Waals surface area contributed by atoms with Crippen LogP contribution in [-0.4, -0.2) is 31.4 Å². The third-order valence-electron chi connectivity index (χ3n) is 3.88. The Morgan fingerprint density at radius 2 is 2.19 bits per heavy atom. The summed E-state index contributed by atoms with van der Waals surface area (Å²) in [6.45, 7) is 2.12. The lowest BCUT2D eigenvalue weighted by atomic mass is 10.2. The van der Waals surface area contributed by atoms with E-state index in [1.807, 2.05) is 6.92 Å².